The molecule has 18 heavy (non-hydrogen) atoms. The van der Waals surface area contributed by atoms with Crippen LogP contribution in [0.5, 0.6) is 0 Å². The van der Waals surface area contributed by atoms with Crippen LogP contribution in [-0.2, 0) is 0 Å². The molecule has 0 aliphatic rings. The molecule has 1 aromatic carbocycles. The number of benzene rings is 1. The third-order valence-corrected chi connectivity index (χ3v) is 2.43. The number of nitro groups is 1. The fraction of sp³-hybridized carbons (Fsp3) is 0. The van der Waals surface area contributed by atoms with E-state index in [4.69, 9.17) is 11.6 Å². The summed E-state index contributed by atoms with van der Waals surface area (Å²) in [6.45, 7) is 0. The minimum absolute atomic E-state index is 0.0931. The summed E-state index contributed by atoms with van der Waals surface area (Å²) >= 11 is 5.61. The zero-order chi connectivity index (χ0) is 13.1. The quantitative estimate of drug-likeness (QED) is 0.682. The zero-order valence-electron chi connectivity index (χ0n) is 8.93. The number of rotatable bonds is 3. The summed E-state index contributed by atoms with van der Waals surface area (Å²) in [6.07, 6.45) is 2.55. The molecule has 0 amide bonds. The molecular formula is C11H7ClFN3O2. The van der Waals surface area contributed by atoms with E-state index >= 15 is 0 Å². The normalized spacial score (nSPS) is 10.1. The van der Waals surface area contributed by atoms with Gasteiger partial charge < -0.3 is 5.32 Å². The number of hydrogen-bond donors (Lipinski definition) is 1. The Hall–Kier alpha value is -2.21. The van der Waals surface area contributed by atoms with Crippen molar-refractivity contribution in [3.8, 4) is 0 Å². The van der Waals surface area contributed by atoms with Gasteiger partial charge in [0.05, 0.1) is 16.8 Å². The maximum Gasteiger partial charge on any atom is 0.295 e. The van der Waals surface area contributed by atoms with Crippen LogP contribution in [0, 0.1) is 15.9 Å². The van der Waals surface area contributed by atoms with Gasteiger partial charge in [-0.1, -0.05) is 11.6 Å². The Morgan fingerprint density at radius 2 is 2.11 bits per heavy atom. The lowest BCUT2D eigenvalue weighted by Crippen LogP contribution is -1.99. The molecule has 0 bridgehead atoms. The van der Waals surface area contributed by atoms with Gasteiger partial charge in [0, 0.05) is 17.3 Å². The van der Waals surface area contributed by atoms with E-state index in [1.165, 1.54) is 30.6 Å². The summed E-state index contributed by atoms with van der Waals surface area (Å²) in [6, 6.07) is 5.23. The lowest BCUT2D eigenvalue weighted by atomic mass is 10.2. The van der Waals surface area contributed by atoms with Crippen LogP contribution in [0.4, 0.5) is 21.5 Å². The average Bonchev–Trinajstić information content (AvgIpc) is 2.33. The molecule has 0 unspecified atom stereocenters. The highest BCUT2D eigenvalue weighted by Crippen LogP contribution is 2.28. The van der Waals surface area contributed by atoms with Gasteiger partial charge in [0.2, 0.25) is 0 Å². The van der Waals surface area contributed by atoms with Crippen molar-refractivity contribution < 1.29 is 9.31 Å². The molecule has 0 saturated carbocycles. The number of pyridine rings is 1. The SMILES string of the molecule is O=[N+]([O-])c1ccncc1Nc1ccc(Cl)cc1F. The van der Waals surface area contributed by atoms with E-state index in [0.29, 0.717) is 0 Å². The van der Waals surface area contributed by atoms with Gasteiger partial charge in [-0.25, -0.2) is 4.39 Å². The van der Waals surface area contributed by atoms with Gasteiger partial charge in [-0.2, -0.15) is 0 Å². The molecule has 0 saturated heterocycles. The van der Waals surface area contributed by atoms with Gasteiger partial charge in [0.15, 0.2) is 0 Å². The molecule has 0 spiro atoms. The second kappa shape index (κ2) is 4.97. The first-order valence-corrected chi connectivity index (χ1v) is 5.26. The van der Waals surface area contributed by atoms with E-state index in [1.54, 1.807) is 0 Å². The summed E-state index contributed by atoms with van der Waals surface area (Å²) in [5.41, 5.74) is 0.0265. The molecule has 0 radical (unpaired) electrons. The van der Waals surface area contributed by atoms with Gasteiger partial charge in [-0.15, -0.1) is 0 Å². The molecular weight excluding hydrogens is 261 g/mol. The Bertz CT molecular complexity index is 607. The number of halogens is 2. The molecule has 1 aromatic heterocycles. The van der Waals surface area contributed by atoms with E-state index in [-0.39, 0.29) is 22.1 Å². The number of nitrogens with one attached hydrogen (secondary N) is 1. The minimum Gasteiger partial charge on any atom is -0.346 e. The van der Waals surface area contributed by atoms with Gasteiger partial charge in [-0.05, 0) is 18.2 Å². The summed E-state index contributed by atoms with van der Waals surface area (Å²) in [7, 11) is 0. The first-order chi connectivity index (χ1) is 8.58. The van der Waals surface area contributed by atoms with E-state index in [0.717, 1.165) is 6.07 Å². The lowest BCUT2D eigenvalue weighted by molar-refractivity contribution is -0.384. The second-order valence-corrected chi connectivity index (χ2v) is 3.84. The van der Waals surface area contributed by atoms with Gasteiger partial charge in [0.25, 0.3) is 5.69 Å². The molecule has 0 fully saturated rings. The van der Waals surface area contributed by atoms with Crippen molar-refractivity contribution in [1.29, 1.82) is 0 Å². The Balaban J connectivity index is 2.37. The molecule has 2 rings (SSSR count). The van der Waals surface area contributed by atoms with Crippen LogP contribution < -0.4 is 5.32 Å². The standard InChI is InChI=1S/C11H7ClFN3O2/c12-7-1-2-9(8(13)5-7)15-10-6-14-4-3-11(10)16(17)18/h1-6,15H. The molecule has 0 atom stereocenters. The topological polar surface area (TPSA) is 68.1 Å². The first-order valence-electron chi connectivity index (χ1n) is 4.88. The van der Waals surface area contributed by atoms with Crippen LogP contribution in [-0.4, -0.2) is 9.91 Å². The highest BCUT2D eigenvalue weighted by molar-refractivity contribution is 6.30. The molecule has 1 heterocycles. The van der Waals surface area contributed by atoms with Crippen molar-refractivity contribution in [2.24, 2.45) is 0 Å². The Morgan fingerprint density at radius 3 is 2.78 bits per heavy atom. The van der Waals surface area contributed by atoms with Gasteiger partial charge in [-0.3, -0.25) is 15.1 Å². The van der Waals surface area contributed by atoms with Crippen LogP contribution in [0.2, 0.25) is 5.02 Å². The van der Waals surface area contributed by atoms with Crippen molar-refractivity contribution in [3.63, 3.8) is 0 Å². The predicted octanol–water partition coefficient (Wildman–Crippen LogP) is 3.53. The summed E-state index contributed by atoms with van der Waals surface area (Å²) < 4.78 is 13.5. The molecule has 0 aliphatic heterocycles. The average molecular weight is 268 g/mol. The molecule has 5 nitrogen and oxygen atoms in total. The van der Waals surface area contributed by atoms with Crippen LogP contribution in [0.3, 0.4) is 0 Å². The van der Waals surface area contributed by atoms with Crippen molar-refractivity contribution in [2.45, 2.75) is 0 Å². The van der Waals surface area contributed by atoms with Crippen LogP contribution in [0.15, 0.2) is 36.7 Å². The number of aromatic nitrogens is 1. The number of hydrogen-bond acceptors (Lipinski definition) is 4. The molecule has 2 aromatic rings. The van der Waals surface area contributed by atoms with Crippen molar-refractivity contribution in [1.82, 2.24) is 4.98 Å². The summed E-state index contributed by atoms with van der Waals surface area (Å²) in [5.74, 6) is -0.597. The third kappa shape index (κ3) is 2.54. The predicted molar refractivity (Wildman–Crippen MR) is 65.6 cm³/mol. The molecule has 7 heteroatoms. The fourth-order valence-electron chi connectivity index (χ4n) is 1.38. The van der Waals surface area contributed by atoms with Crippen molar-refractivity contribution in [2.75, 3.05) is 5.32 Å². The Morgan fingerprint density at radius 1 is 1.33 bits per heavy atom. The number of anilines is 2. The molecule has 1 N–H and O–H groups in total. The summed E-state index contributed by atoms with van der Waals surface area (Å²) in [5, 5.41) is 13.6. The highest BCUT2D eigenvalue weighted by Gasteiger charge is 2.14. The maximum absolute atomic E-state index is 13.5. The monoisotopic (exact) mass is 267 g/mol. The number of nitrogens with zero attached hydrogens (tertiary/aromatic N) is 2. The largest absolute Gasteiger partial charge is 0.346 e. The van der Waals surface area contributed by atoms with Crippen molar-refractivity contribution in [3.05, 3.63) is 57.6 Å². The van der Waals surface area contributed by atoms with Crippen LogP contribution >= 0.6 is 11.6 Å². The third-order valence-electron chi connectivity index (χ3n) is 2.20. The Kier molecular flexibility index (Phi) is 3.38. The van der Waals surface area contributed by atoms with E-state index in [1.807, 2.05) is 0 Å². The first kappa shape index (κ1) is 12.3. The van der Waals surface area contributed by atoms with Crippen molar-refractivity contribution >= 4 is 28.7 Å². The fourth-order valence-corrected chi connectivity index (χ4v) is 1.54. The second-order valence-electron chi connectivity index (χ2n) is 3.40. The van der Waals surface area contributed by atoms with E-state index < -0.39 is 10.7 Å². The molecule has 92 valence electrons. The lowest BCUT2D eigenvalue weighted by Gasteiger charge is -2.07. The minimum atomic E-state index is -0.597. The zero-order valence-corrected chi connectivity index (χ0v) is 9.69. The molecule has 0 aliphatic carbocycles. The Labute approximate surface area is 106 Å². The van der Waals surface area contributed by atoms with Gasteiger partial charge >= 0.3 is 0 Å². The highest BCUT2D eigenvalue weighted by atomic mass is 35.5. The van der Waals surface area contributed by atoms with Crippen LogP contribution in [0.1, 0.15) is 0 Å². The smallest absolute Gasteiger partial charge is 0.295 e. The van der Waals surface area contributed by atoms with Crippen LogP contribution in [0.25, 0.3) is 0 Å². The van der Waals surface area contributed by atoms with E-state index in [9.17, 15) is 14.5 Å². The van der Waals surface area contributed by atoms with Gasteiger partial charge in [0.1, 0.15) is 11.5 Å². The summed E-state index contributed by atoms with van der Waals surface area (Å²) in [4.78, 5) is 14.0. The maximum atomic E-state index is 13.5. The van der Waals surface area contributed by atoms with E-state index in [2.05, 4.69) is 10.3 Å².